The highest BCUT2D eigenvalue weighted by Gasteiger charge is 2.06. The second kappa shape index (κ2) is 3.73. The third-order valence-electron chi connectivity index (χ3n) is 2.57. The van der Waals surface area contributed by atoms with E-state index in [1.165, 1.54) is 4.88 Å². The van der Waals surface area contributed by atoms with E-state index in [4.69, 9.17) is 5.73 Å². The van der Waals surface area contributed by atoms with Gasteiger partial charge < -0.3 is 5.73 Å². The maximum atomic E-state index is 5.65. The molecule has 0 aliphatic carbocycles. The molecule has 80 valence electrons. The Morgan fingerprint density at radius 2 is 2.25 bits per heavy atom. The molecular formula is C12H11N3S. The summed E-state index contributed by atoms with van der Waals surface area (Å²) < 4.78 is 2.09. The van der Waals surface area contributed by atoms with Crippen molar-refractivity contribution in [3.05, 3.63) is 47.6 Å². The van der Waals surface area contributed by atoms with Crippen molar-refractivity contribution < 1.29 is 0 Å². The average molecular weight is 229 g/mol. The van der Waals surface area contributed by atoms with Gasteiger partial charge in [-0.2, -0.15) is 0 Å². The summed E-state index contributed by atoms with van der Waals surface area (Å²) in [4.78, 5) is 5.62. The minimum atomic E-state index is 0.554. The second-order valence-corrected chi connectivity index (χ2v) is 4.54. The summed E-state index contributed by atoms with van der Waals surface area (Å²) in [6.45, 7) is 0.554. The lowest BCUT2D eigenvalue weighted by atomic mass is 10.3. The molecule has 3 nitrogen and oxygen atoms in total. The van der Waals surface area contributed by atoms with E-state index in [9.17, 15) is 0 Å². The Labute approximate surface area is 97.2 Å². The fraction of sp³-hybridized carbons (Fsp3) is 0.0833. The fourth-order valence-corrected chi connectivity index (χ4v) is 2.46. The number of thiophene rings is 1. The minimum absolute atomic E-state index is 0.554. The molecular weight excluding hydrogens is 218 g/mol. The summed E-state index contributed by atoms with van der Waals surface area (Å²) in [7, 11) is 0. The van der Waals surface area contributed by atoms with Crippen LogP contribution in [-0.4, -0.2) is 9.38 Å². The van der Waals surface area contributed by atoms with Crippen molar-refractivity contribution in [3.8, 4) is 10.7 Å². The fourth-order valence-electron chi connectivity index (χ4n) is 1.74. The minimum Gasteiger partial charge on any atom is -0.326 e. The van der Waals surface area contributed by atoms with Gasteiger partial charge in [0.15, 0.2) is 5.82 Å². The first kappa shape index (κ1) is 9.57. The van der Waals surface area contributed by atoms with Crippen LogP contribution < -0.4 is 5.73 Å². The molecule has 0 saturated heterocycles. The number of pyridine rings is 1. The van der Waals surface area contributed by atoms with Gasteiger partial charge in [-0.1, -0.05) is 12.1 Å². The van der Waals surface area contributed by atoms with Crippen LogP contribution in [0.2, 0.25) is 0 Å². The standard InChI is InChI=1S/C12H11N3S/c13-6-9-3-4-10-7-14-12(15(10)8-9)11-2-1-5-16-11/h1-5,7-8H,6,13H2. The van der Waals surface area contributed by atoms with Gasteiger partial charge in [0.05, 0.1) is 16.6 Å². The molecule has 0 aliphatic rings. The molecule has 0 spiro atoms. The number of nitrogens with zero attached hydrogens (tertiary/aromatic N) is 2. The first-order valence-electron chi connectivity index (χ1n) is 5.08. The lowest BCUT2D eigenvalue weighted by Crippen LogP contribution is -1.98. The van der Waals surface area contributed by atoms with Gasteiger partial charge in [0, 0.05) is 12.7 Å². The molecule has 0 amide bonds. The van der Waals surface area contributed by atoms with Crippen molar-refractivity contribution in [1.82, 2.24) is 9.38 Å². The van der Waals surface area contributed by atoms with Crippen LogP contribution in [-0.2, 0) is 6.54 Å². The number of nitrogens with two attached hydrogens (primary N) is 1. The number of imidazole rings is 1. The zero-order valence-corrected chi connectivity index (χ0v) is 9.45. The average Bonchev–Trinajstić information content (AvgIpc) is 2.96. The van der Waals surface area contributed by atoms with E-state index < -0.39 is 0 Å². The first-order chi connectivity index (χ1) is 7.88. The summed E-state index contributed by atoms with van der Waals surface area (Å²) in [6.07, 6.45) is 3.94. The van der Waals surface area contributed by atoms with E-state index in [1.807, 2.05) is 24.4 Å². The number of fused-ring (bicyclic) bond motifs is 1. The lowest BCUT2D eigenvalue weighted by molar-refractivity contribution is 1.03. The van der Waals surface area contributed by atoms with Crippen LogP contribution in [0.4, 0.5) is 0 Å². The summed E-state index contributed by atoms with van der Waals surface area (Å²) >= 11 is 1.69. The molecule has 0 unspecified atom stereocenters. The number of aromatic nitrogens is 2. The molecule has 2 N–H and O–H groups in total. The van der Waals surface area contributed by atoms with Gasteiger partial charge in [0.1, 0.15) is 0 Å². The predicted molar refractivity (Wildman–Crippen MR) is 66.4 cm³/mol. The largest absolute Gasteiger partial charge is 0.326 e. The SMILES string of the molecule is NCc1ccc2cnc(-c3cccs3)n2c1. The third kappa shape index (κ3) is 1.43. The summed E-state index contributed by atoms with van der Waals surface area (Å²) in [5.41, 5.74) is 7.86. The van der Waals surface area contributed by atoms with E-state index in [0.29, 0.717) is 6.54 Å². The topological polar surface area (TPSA) is 43.3 Å². The number of hydrogen-bond acceptors (Lipinski definition) is 3. The normalized spacial score (nSPS) is 11.1. The molecule has 0 bridgehead atoms. The van der Waals surface area contributed by atoms with Crippen LogP contribution in [0.15, 0.2) is 42.0 Å². The van der Waals surface area contributed by atoms with E-state index in [0.717, 1.165) is 16.9 Å². The molecule has 0 aromatic carbocycles. The monoisotopic (exact) mass is 229 g/mol. The smallest absolute Gasteiger partial charge is 0.154 e. The zero-order valence-electron chi connectivity index (χ0n) is 8.63. The van der Waals surface area contributed by atoms with Crippen LogP contribution in [0, 0.1) is 0 Å². The highest BCUT2D eigenvalue weighted by molar-refractivity contribution is 7.13. The van der Waals surface area contributed by atoms with Gasteiger partial charge >= 0.3 is 0 Å². The third-order valence-corrected chi connectivity index (χ3v) is 3.43. The first-order valence-corrected chi connectivity index (χ1v) is 5.96. The number of rotatable bonds is 2. The summed E-state index contributed by atoms with van der Waals surface area (Å²) in [6, 6.07) is 8.20. The zero-order chi connectivity index (χ0) is 11.0. The van der Waals surface area contributed by atoms with Crippen LogP contribution in [0.5, 0.6) is 0 Å². The molecule has 0 atom stereocenters. The Kier molecular flexibility index (Phi) is 2.23. The van der Waals surface area contributed by atoms with Crippen molar-refractivity contribution in [1.29, 1.82) is 0 Å². The second-order valence-electron chi connectivity index (χ2n) is 3.60. The van der Waals surface area contributed by atoms with Crippen molar-refractivity contribution in [2.24, 2.45) is 5.73 Å². The summed E-state index contributed by atoms with van der Waals surface area (Å²) in [5.74, 6) is 0.986. The van der Waals surface area contributed by atoms with E-state index in [2.05, 4.69) is 27.0 Å². The molecule has 3 aromatic heterocycles. The van der Waals surface area contributed by atoms with Gasteiger partial charge in [-0.05, 0) is 23.1 Å². The Morgan fingerprint density at radius 1 is 1.31 bits per heavy atom. The highest BCUT2D eigenvalue weighted by Crippen LogP contribution is 2.24. The van der Waals surface area contributed by atoms with Crippen LogP contribution in [0.3, 0.4) is 0 Å². The Bertz CT molecular complexity index is 610. The van der Waals surface area contributed by atoms with Crippen LogP contribution in [0.25, 0.3) is 16.2 Å². The van der Waals surface area contributed by atoms with E-state index in [1.54, 1.807) is 11.3 Å². The molecule has 3 aromatic rings. The van der Waals surface area contributed by atoms with Gasteiger partial charge in [-0.25, -0.2) is 4.98 Å². The van der Waals surface area contributed by atoms with E-state index in [-0.39, 0.29) is 0 Å². The van der Waals surface area contributed by atoms with Crippen LogP contribution >= 0.6 is 11.3 Å². The molecule has 0 aliphatic heterocycles. The van der Waals surface area contributed by atoms with Gasteiger partial charge in [0.2, 0.25) is 0 Å². The van der Waals surface area contributed by atoms with Crippen LogP contribution in [0.1, 0.15) is 5.56 Å². The molecule has 0 fully saturated rings. The lowest BCUT2D eigenvalue weighted by Gasteiger charge is -2.01. The summed E-state index contributed by atoms with van der Waals surface area (Å²) in [5, 5.41) is 2.06. The van der Waals surface area contributed by atoms with E-state index >= 15 is 0 Å². The Morgan fingerprint density at radius 3 is 3.00 bits per heavy atom. The quantitative estimate of drug-likeness (QED) is 0.733. The maximum Gasteiger partial charge on any atom is 0.154 e. The Hall–Kier alpha value is -1.65. The molecule has 4 heteroatoms. The van der Waals surface area contributed by atoms with Crippen molar-refractivity contribution >= 4 is 16.9 Å². The highest BCUT2D eigenvalue weighted by atomic mass is 32.1. The van der Waals surface area contributed by atoms with Crippen molar-refractivity contribution in [3.63, 3.8) is 0 Å². The molecule has 3 rings (SSSR count). The molecule has 3 heterocycles. The predicted octanol–water partition coefficient (Wildman–Crippen LogP) is 2.52. The van der Waals surface area contributed by atoms with Gasteiger partial charge in [0.25, 0.3) is 0 Å². The molecule has 0 radical (unpaired) electrons. The van der Waals surface area contributed by atoms with Gasteiger partial charge in [-0.15, -0.1) is 11.3 Å². The number of hydrogen-bond donors (Lipinski definition) is 1. The van der Waals surface area contributed by atoms with Gasteiger partial charge in [-0.3, -0.25) is 4.40 Å². The van der Waals surface area contributed by atoms with Crippen molar-refractivity contribution in [2.75, 3.05) is 0 Å². The van der Waals surface area contributed by atoms with Crippen molar-refractivity contribution in [2.45, 2.75) is 6.54 Å². The Balaban J connectivity index is 2.25. The maximum absolute atomic E-state index is 5.65. The molecule has 0 saturated carbocycles. The molecule has 16 heavy (non-hydrogen) atoms.